The summed E-state index contributed by atoms with van der Waals surface area (Å²) in [4.78, 5) is 10.8. The molecule has 0 aliphatic heterocycles. The van der Waals surface area contributed by atoms with Crippen molar-refractivity contribution in [3.05, 3.63) is 34.9 Å². The monoisotopic (exact) mass is 527 g/mol. The van der Waals surface area contributed by atoms with E-state index in [0.717, 1.165) is 25.7 Å². The van der Waals surface area contributed by atoms with Gasteiger partial charge in [0.05, 0.1) is 22.8 Å². The second-order valence-corrected chi connectivity index (χ2v) is 8.76. The van der Waals surface area contributed by atoms with Crippen molar-refractivity contribution in [3.63, 3.8) is 0 Å². The van der Waals surface area contributed by atoms with E-state index in [-0.39, 0.29) is 18.5 Å². The maximum absolute atomic E-state index is 14.8. The van der Waals surface area contributed by atoms with Gasteiger partial charge in [-0.3, -0.25) is 4.79 Å². The van der Waals surface area contributed by atoms with Gasteiger partial charge in [0.1, 0.15) is 10.6 Å². The fourth-order valence-corrected chi connectivity index (χ4v) is 4.14. The van der Waals surface area contributed by atoms with Gasteiger partial charge in [0.2, 0.25) is 5.91 Å². The summed E-state index contributed by atoms with van der Waals surface area (Å²) >= 11 is -0.386. The fraction of sp³-hybridized carbons (Fsp3) is 0.522. The van der Waals surface area contributed by atoms with Crippen LogP contribution in [0.4, 0.5) is 32.0 Å². The van der Waals surface area contributed by atoms with E-state index in [4.69, 9.17) is 5.26 Å². The van der Waals surface area contributed by atoms with Crippen LogP contribution in [0.25, 0.3) is 10.8 Å². The molecule has 0 bridgehead atoms. The number of hydrogen-bond donors (Lipinski definition) is 2. The van der Waals surface area contributed by atoms with Gasteiger partial charge in [0, 0.05) is 6.42 Å². The van der Waals surface area contributed by atoms with Crippen molar-refractivity contribution in [2.75, 3.05) is 5.32 Å². The Balaban J connectivity index is 2.06. The largest absolute Gasteiger partial charge is 0.321 e. The molecule has 2 aromatic carbocycles. The highest BCUT2D eigenvalue weighted by atomic mass is 32.2. The first-order valence-corrected chi connectivity index (χ1v) is 12.1. The minimum absolute atomic E-state index is 0.131. The van der Waals surface area contributed by atoms with Crippen LogP contribution >= 0.6 is 12.0 Å². The highest BCUT2D eigenvalue weighted by Gasteiger charge is 2.31. The molecular formula is C23H27F6NO4S. The lowest BCUT2D eigenvalue weighted by Gasteiger charge is -2.14. The van der Waals surface area contributed by atoms with Crippen LogP contribution in [0.15, 0.2) is 4.90 Å². The third-order valence-corrected chi connectivity index (χ3v) is 6.17. The molecule has 0 aliphatic carbocycles. The van der Waals surface area contributed by atoms with Crippen LogP contribution in [0.1, 0.15) is 77.6 Å². The number of rotatable bonds is 15. The van der Waals surface area contributed by atoms with Crippen LogP contribution in [-0.4, -0.2) is 11.2 Å². The molecule has 2 N–H and O–H groups in total. The highest BCUT2D eigenvalue weighted by molar-refractivity contribution is 7.94. The average molecular weight is 528 g/mol. The second-order valence-electron chi connectivity index (χ2n) is 8.04. The van der Waals surface area contributed by atoms with E-state index in [1.54, 1.807) is 0 Å². The molecule has 196 valence electrons. The molecule has 0 radical (unpaired) electrons. The van der Waals surface area contributed by atoms with E-state index in [2.05, 4.69) is 16.3 Å². The zero-order valence-corrected chi connectivity index (χ0v) is 19.9. The Kier molecular flexibility index (Phi) is 12.1. The molecule has 0 spiro atoms. The first-order chi connectivity index (χ1) is 16.8. The number of halogens is 6. The van der Waals surface area contributed by atoms with Crippen LogP contribution < -0.4 is 5.32 Å². The number of carbonyl (C=O) groups excluding carboxylic acids is 1. The molecule has 0 aliphatic rings. The molecule has 0 saturated heterocycles. The Labute approximate surface area is 203 Å². The van der Waals surface area contributed by atoms with E-state index in [0.29, 0.717) is 12.8 Å². The molecule has 5 nitrogen and oxygen atoms in total. The lowest BCUT2D eigenvalue weighted by Crippen LogP contribution is -2.16. The van der Waals surface area contributed by atoms with E-state index < -0.39 is 62.2 Å². The summed E-state index contributed by atoms with van der Waals surface area (Å²) in [7, 11) is 0. The molecule has 0 aromatic heterocycles. The van der Waals surface area contributed by atoms with Crippen LogP contribution in [0, 0.1) is 34.9 Å². The lowest BCUT2D eigenvalue weighted by atomic mass is 10.0. The number of amides is 1. The van der Waals surface area contributed by atoms with E-state index in [1.165, 1.54) is 25.7 Å². The van der Waals surface area contributed by atoms with Gasteiger partial charge in [0.25, 0.3) is 0 Å². The molecule has 2 rings (SSSR count). The molecular weight excluding hydrogens is 500 g/mol. The zero-order chi connectivity index (χ0) is 26.0. The molecule has 12 heteroatoms. The predicted molar refractivity (Wildman–Crippen MR) is 119 cm³/mol. The average Bonchev–Trinajstić information content (AvgIpc) is 2.83. The Bertz CT molecular complexity index is 1020. The third kappa shape index (κ3) is 7.48. The molecule has 0 saturated carbocycles. The van der Waals surface area contributed by atoms with Gasteiger partial charge in [-0.25, -0.2) is 31.6 Å². The Hall–Kier alpha value is -2.02. The molecule has 0 unspecified atom stereocenters. The van der Waals surface area contributed by atoms with E-state index in [1.807, 2.05) is 5.32 Å². The van der Waals surface area contributed by atoms with Crippen LogP contribution in [0.2, 0.25) is 0 Å². The van der Waals surface area contributed by atoms with Gasteiger partial charge in [-0.2, -0.15) is 0 Å². The number of anilines is 1. The summed E-state index contributed by atoms with van der Waals surface area (Å²) in [5.74, 6) is -12.7. The molecule has 35 heavy (non-hydrogen) atoms. The smallest absolute Gasteiger partial charge is 0.224 e. The first-order valence-electron chi connectivity index (χ1n) is 11.4. The lowest BCUT2D eigenvalue weighted by molar-refractivity contribution is -0.432. The number of hydrogen-bond acceptors (Lipinski definition) is 5. The van der Waals surface area contributed by atoms with Crippen molar-refractivity contribution in [2.45, 2.75) is 82.4 Å². The van der Waals surface area contributed by atoms with Gasteiger partial charge >= 0.3 is 0 Å². The molecule has 2 aromatic rings. The van der Waals surface area contributed by atoms with Crippen molar-refractivity contribution in [3.8, 4) is 0 Å². The Morgan fingerprint density at radius 1 is 0.743 bits per heavy atom. The summed E-state index contributed by atoms with van der Waals surface area (Å²) in [6, 6.07) is 0. The van der Waals surface area contributed by atoms with Gasteiger partial charge in [-0.1, -0.05) is 69.7 Å². The van der Waals surface area contributed by atoms with Crippen molar-refractivity contribution in [1.29, 1.82) is 0 Å². The fourth-order valence-electron chi connectivity index (χ4n) is 3.70. The van der Waals surface area contributed by atoms with E-state index >= 15 is 0 Å². The summed E-state index contributed by atoms with van der Waals surface area (Å²) < 4.78 is 90.8. The Morgan fingerprint density at radius 2 is 1.26 bits per heavy atom. The van der Waals surface area contributed by atoms with Crippen molar-refractivity contribution in [1.82, 2.24) is 0 Å². The molecule has 0 heterocycles. The van der Waals surface area contributed by atoms with Gasteiger partial charge in [0.15, 0.2) is 34.9 Å². The normalized spacial score (nSPS) is 11.4. The van der Waals surface area contributed by atoms with Gasteiger partial charge < -0.3 is 5.32 Å². The minimum Gasteiger partial charge on any atom is -0.321 e. The van der Waals surface area contributed by atoms with Crippen LogP contribution in [-0.2, 0) is 14.2 Å². The minimum atomic E-state index is -2.05. The predicted octanol–water partition coefficient (Wildman–Crippen LogP) is 8.35. The van der Waals surface area contributed by atoms with Crippen molar-refractivity contribution < 1.29 is 45.8 Å². The van der Waals surface area contributed by atoms with Crippen molar-refractivity contribution in [2.24, 2.45) is 0 Å². The van der Waals surface area contributed by atoms with Gasteiger partial charge in [-0.15, -0.1) is 4.33 Å². The number of nitrogens with one attached hydrogen (secondary N) is 1. The van der Waals surface area contributed by atoms with Crippen LogP contribution in [0.3, 0.4) is 0 Å². The molecule has 0 atom stereocenters. The first kappa shape index (κ1) is 29.2. The summed E-state index contributed by atoms with van der Waals surface area (Å²) in [5, 5.41) is 10.0. The maximum atomic E-state index is 14.8. The number of fused-ring (bicyclic) bond motifs is 1. The molecule has 0 fully saturated rings. The van der Waals surface area contributed by atoms with Gasteiger partial charge in [-0.05, 0) is 6.42 Å². The second kappa shape index (κ2) is 14.5. The quantitative estimate of drug-likeness (QED) is 0.0608. The number of benzene rings is 2. The van der Waals surface area contributed by atoms with Crippen LogP contribution in [0.5, 0.6) is 0 Å². The number of unbranched alkanes of at least 4 members (excludes halogenated alkanes) is 9. The third-order valence-electron chi connectivity index (χ3n) is 5.52. The van der Waals surface area contributed by atoms with E-state index in [9.17, 15) is 31.1 Å². The van der Waals surface area contributed by atoms with Crippen molar-refractivity contribution >= 4 is 34.4 Å². The number of carbonyl (C=O) groups is 1. The highest BCUT2D eigenvalue weighted by Crippen LogP contribution is 2.40. The standard InChI is InChI=1S/C23H27F6NO4S/c1-2-3-4-5-6-7-8-9-10-11-12-13(31)30-22-18(26)14-15(16(24)20(22)28)19(27)23(35-34-33-32)21(29)17(14)25/h32H,2-12H2,1H3,(H,30,31). The zero-order valence-electron chi connectivity index (χ0n) is 19.1. The topological polar surface area (TPSA) is 67.8 Å². The summed E-state index contributed by atoms with van der Waals surface area (Å²) in [6.07, 6.45) is 9.90. The maximum Gasteiger partial charge on any atom is 0.224 e. The SMILES string of the molecule is CCCCCCCCCCCCC(=O)Nc1c(F)c(F)c2c(F)c(SOOO)c(F)c(F)c2c1F. The molecule has 1 amide bonds. The summed E-state index contributed by atoms with van der Waals surface area (Å²) in [5.41, 5.74) is -1.35. The Morgan fingerprint density at radius 3 is 1.83 bits per heavy atom. The summed E-state index contributed by atoms with van der Waals surface area (Å²) in [6.45, 7) is 2.15.